The number of carboxylic acid groups (broad SMARTS) is 1. The molecule has 2 aliphatic rings. The molecule has 2 aromatic carbocycles. The Bertz CT molecular complexity index is 1470. The summed E-state index contributed by atoms with van der Waals surface area (Å²) in [6.45, 7) is 3.35. The first kappa shape index (κ1) is 25.6. The van der Waals surface area contributed by atoms with Crippen molar-refractivity contribution < 1.29 is 19.4 Å². The zero-order chi connectivity index (χ0) is 27.5. The van der Waals surface area contributed by atoms with Crippen molar-refractivity contribution in [2.24, 2.45) is 5.92 Å². The minimum atomic E-state index is -0.910. The van der Waals surface area contributed by atoms with Crippen molar-refractivity contribution in [2.45, 2.75) is 18.9 Å². The molecular formula is C29H29N7O4. The Labute approximate surface area is 231 Å². The number of rotatable bonds is 5. The number of piperidine rings is 1. The minimum absolute atomic E-state index is 0.396. The van der Waals surface area contributed by atoms with Crippen LogP contribution in [0.15, 0.2) is 73.3 Å². The summed E-state index contributed by atoms with van der Waals surface area (Å²) in [5, 5.41) is 14.3. The Morgan fingerprint density at radius 2 is 1.55 bits per heavy atom. The molecule has 0 saturated carbocycles. The Morgan fingerprint density at radius 3 is 2.25 bits per heavy atom. The highest BCUT2D eigenvalue weighted by atomic mass is 16.5. The van der Waals surface area contributed by atoms with E-state index < -0.39 is 24.0 Å². The molecule has 2 fully saturated rings. The summed E-state index contributed by atoms with van der Waals surface area (Å²) in [6.07, 6.45) is 6.12. The predicted molar refractivity (Wildman–Crippen MR) is 147 cm³/mol. The van der Waals surface area contributed by atoms with E-state index in [4.69, 9.17) is 4.74 Å². The van der Waals surface area contributed by atoms with Crippen LogP contribution in [0.1, 0.15) is 24.4 Å². The first-order valence-corrected chi connectivity index (χ1v) is 13.3. The van der Waals surface area contributed by atoms with Crippen LogP contribution in [-0.4, -0.2) is 79.6 Å². The van der Waals surface area contributed by atoms with Crippen molar-refractivity contribution in [1.82, 2.24) is 29.6 Å². The molecule has 4 heterocycles. The van der Waals surface area contributed by atoms with Crippen LogP contribution in [0.25, 0.3) is 22.5 Å². The van der Waals surface area contributed by atoms with Crippen molar-refractivity contribution in [3.8, 4) is 22.5 Å². The first-order valence-electron chi connectivity index (χ1n) is 13.3. The van der Waals surface area contributed by atoms with Crippen LogP contribution in [0.5, 0.6) is 0 Å². The second kappa shape index (κ2) is 11.2. The zero-order valence-corrected chi connectivity index (χ0v) is 21.8. The van der Waals surface area contributed by atoms with Crippen LogP contribution in [0.4, 0.5) is 10.7 Å². The number of ether oxygens (including phenoxy) is 1. The van der Waals surface area contributed by atoms with Crippen LogP contribution in [0.2, 0.25) is 0 Å². The Morgan fingerprint density at radius 1 is 0.850 bits per heavy atom. The summed E-state index contributed by atoms with van der Waals surface area (Å²) in [5.41, 5.74) is 3.39. The van der Waals surface area contributed by atoms with Gasteiger partial charge >= 0.3 is 12.0 Å². The molecule has 4 aromatic rings. The molecule has 204 valence electrons. The quantitative estimate of drug-likeness (QED) is 0.403. The molecule has 2 aliphatic heterocycles. The van der Waals surface area contributed by atoms with Gasteiger partial charge in [-0.3, -0.25) is 4.79 Å². The number of benzene rings is 2. The third kappa shape index (κ3) is 5.15. The summed E-state index contributed by atoms with van der Waals surface area (Å²) in [5.74, 6) is -0.503. The number of likely N-dealkylation sites (tertiary alicyclic amines) is 1. The fourth-order valence-corrected chi connectivity index (χ4v) is 5.36. The average Bonchev–Trinajstić information content (AvgIpc) is 3.52. The van der Waals surface area contributed by atoms with Gasteiger partial charge in [-0.2, -0.15) is 4.68 Å². The van der Waals surface area contributed by atoms with Crippen LogP contribution in [-0.2, 0) is 9.53 Å². The molecule has 1 amide bonds. The van der Waals surface area contributed by atoms with Gasteiger partial charge in [0.2, 0.25) is 5.95 Å². The fraction of sp³-hybridized carbons (Fsp3) is 0.310. The molecule has 6 rings (SSSR count). The normalized spacial score (nSPS) is 19.4. The Balaban J connectivity index is 1.19. The minimum Gasteiger partial charge on any atom is -0.481 e. The molecule has 11 nitrogen and oxygen atoms in total. The summed E-state index contributed by atoms with van der Waals surface area (Å²) in [6, 6.07) is 16.0. The number of hydrogen-bond donors (Lipinski definition) is 1. The third-order valence-corrected chi connectivity index (χ3v) is 7.43. The number of carboxylic acids is 1. The lowest BCUT2D eigenvalue weighted by atomic mass is 9.85. The number of nitrogens with zero attached hydrogens (tertiary/aromatic N) is 7. The second-order valence-corrected chi connectivity index (χ2v) is 9.88. The van der Waals surface area contributed by atoms with Crippen LogP contribution >= 0.6 is 0 Å². The van der Waals surface area contributed by atoms with E-state index in [1.165, 1.54) is 11.0 Å². The molecule has 1 N–H and O–H groups in total. The molecule has 0 radical (unpaired) electrons. The summed E-state index contributed by atoms with van der Waals surface area (Å²) >= 11 is 0. The van der Waals surface area contributed by atoms with E-state index in [9.17, 15) is 14.7 Å². The number of morpholine rings is 1. The lowest BCUT2D eigenvalue weighted by molar-refractivity contribution is -0.145. The van der Waals surface area contributed by atoms with Gasteiger partial charge in [0, 0.05) is 43.2 Å². The maximum absolute atomic E-state index is 13.5. The number of amides is 1. The Kier molecular flexibility index (Phi) is 7.19. The van der Waals surface area contributed by atoms with E-state index in [2.05, 4.69) is 25.0 Å². The van der Waals surface area contributed by atoms with Crippen LogP contribution < -0.4 is 4.90 Å². The number of carbonyl (C=O) groups excluding carboxylic acids is 1. The Hall–Kier alpha value is -4.64. The highest BCUT2D eigenvalue weighted by Crippen LogP contribution is 2.36. The van der Waals surface area contributed by atoms with Gasteiger partial charge in [-0.1, -0.05) is 54.6 Å². The van der Waals surface area contributed by atoms with Gasteiger partial charge in [-0.05, 0) is 24.0 Å². The zero-order valence-electron chi connectivity index (χ0n) is 21.8. The summed E-state index contributed by atoms with van der Waals surface area (Å²) < 4.78 is 6.59. The van der Waals surface area contributed by atoms with Gasteiger partial charge < -0.3 is 19.6 Å². The number of anilines is 1. The second-order valence-electron chi connectivity index (χ2n) is 9.88. The maximum atomic E-state index is 13.5. The van der Waals surface area contributed by atoms with Gasteiger partial charge in [0.15, 0.2) is 5.82 Å². The van der Waals surface area contributed by atoms with Crippen molar-refractivity contribution in [1.29, 1.82) is 0 Å². The van der Waals surface area contributed by atoms with Gasteiger partial charge in [0.1, 0.15) is 6.33 Å². The average molecular weight is 540 g/mol. The number of carbonyl (C=O) groups is 2. The van der Waals surface area contributed by atoms with Gasteiger partial charge in [-0.15, -0.1) is 5.10 Å². The van der Waals surface area contributed by atoms with Crippen LogP contribution in [0, 0.1) is 5.92 Å². The van der Waals surface area contributed by atoms with Gasteiger partial charge in [0.25, 0.3) is 0 Å². The summed E-state index contributed by atoms with van der Waals surface area (Å²) in [7, 11) is 0. The molecule has 0 aliphatic carbocycles. The van der Waals surface area contributed by atoms with E-state index in [0.29, 0.717) is 44.4 Å². The molecule has 40 heavy (non-hydrogen) atoms. The first-order chi connectivity index (χ1) is 19.6. The number of aliphatic carboxylic acids is 1. The van der Waals surface area contributed by atoms with Crippen molar-refractivity contribution >= 4 is 17.9 Å². The third-order valence-electron chi connectivity index (χ3n) is 7.43. The summed E-state index contributed by atoms with van der Waals surface area (Å²) in [4.78, 5) is 42.7. The number of aromatic nitrogens is 5. The molecule has 2 atom stereocenters. The molecule has 11 heteroatoms. The van der Waals surface area contributed by atoms with E-state index in [-0.39, 0.29) is 0 Å². The lowest BCUT2D eigenvalue weighted by Crippen LogP contribution is -2.46. The lowest BCUT2D eigenvalue weighted by Gasteiger charge is -2.39. The van der Waals surface area contributed by atoms with Crippen molar-refractivity contribution in [3.05, 3.63) is 78.9 Å². The van der Waals surface area contributed by atoms with E-state index >= 15 is 0 Å². The molecule has 0 bridgehead atoms. The molecule has 2 aromatic heterocycles. The van der Waals surface area contributed by atoms with E-state index in [1.807, 2.05) is 67.0 Å². The molecule has 2 saturated heterocycles. The monoisotopic (exact) mass is 539 g/mol. The van der Waals surface area contributed by atoms with Gasteiger partial charge in [-0.25, -0.2) is 19.7 Å². The molecule has 0 spiro atoms. The molecule has 0 unspecified atom stereocenters. The topological polar surface area (TPSA) is 127 Å². The predicted octanol–water partition coefficient (Wildman–Crippen LogP) is 3.74. The van der Waals surface area contributed by atoms with Crippen LogP contribution in [0.3, 0.4) is 0 Å². The fourth-order valence-electron chi connectivity index (χ4n) is 5.36. The van der Waals surface area contributed by atoms with E-state index in [1.54, 1.807) is 4.90 Å². The SMILES string of the molecule is O=C(O)[C@@H]1CCCN(C(=O)n2cnc(-c3ccc(-c4cnc(N5CCOCC5)nc4)cc3)n2)[C@H]1c1ccccc1. The maximum Gasteiger partial charge on any atom is 0.346 e. The smallest absolute Gasteiger partial charge is 0.346 e. The number of hydrogen-bond acceptors (Lipinski definition) is 8. The van der Waals surface area contributed by atoms with Crippen molar-refractivity contribution in [2.75, 3.05) is 37.7 Å². The molecular weight excluding hydrogens is 510 g/mol. The largest absolute Gasteiger partial charge is 0.481 e. The van der Waals surface area contributed by atoms with E-state index in [0.717, 1.165) is 35.3 Å². The highest BCUT2D eigenvalue weighted by molar-refractivity contribution is 5.79. The van der Waals surface area contributed by atoms with Gasteiger partial charge in [0.05, 0.1) is 25.2 Å². The standard InChI is InChI=1S/C29H29N7O4/c37-27(38)24-7-4-12-35(25(24)21-5-2-1-3-6-21)29(39)36-19-32-26(33-36)22-10-8-20(9-11-22)23-17-30-28(31-18-23)34-13-15-40-16-14-34/h1-3,5-6,8-11,17-19,24-25H,4,7,12-16H2,(H,37,38)/t24-,25+/m1/s1. The van der Waals surface area contributed by atoms with Crippen molar-refractivity contribution in [3.63, 3.8) is 0 Å². The highest BCUT2D eigenvalue weighted by Gasteiger charge is 2.40.